The van der Waals surface area contributed by atoms with Gasteiger partial charge in [0, 0.05) is 36.1 Å². The molecule has 1 saturated heterocycles. The van der Waals surface area contributed by atoms with Crippen LogP contribution in [0.15, 0.2) is 46.9 Å². The molecule has 9 heteroatoms. The first-order valence-electron chi connectivity index (χ1n) is 9.98. The highest BCUT2D eigenvalue weighted by Crippen LogP contribution is 2.27. The SMILES string of the molecule is COc1ccc(-c2nnc(N3CCC(C(=O)NCc4ccc(F)cc4Cl)CC3)o2)cc1. The molecule has 0 bridgehead atoms. The first-order valence-corrected chi connectivity index (χ1v) is 10.4. The average molecular weight is 445 g/mol. The molecule has 4 rings (SSSR count). The van der Waals surface area contributed by atoms with Gasteiger partial charge in [0.15, 0.2) is 0 Å². The van der Waals surface area contributed by atoms with Crippen LogP contribution in [0.4, 0.5) is 10.4 Å². The van der Waals surface area contributed by atoms with Crippen LogP contribution in [-0.4, -0.2) is 36.3 Å². The molecule has 1 aromatic heterocycles. The Morgan fingerprint density at radius 3 is 2.65 bits per heavy atom. The van der Waals surface area contributed by atoms with Crippen LogP contribution in [0.5, 0.6) is 5.75 Å². The van der Waals surface area contributed by atoms with E-state index in [1.165, 1.54) is 12.1 Å². The van der Waals surface area contributed by atoms with Crippen molar-refractivity contribution in [3.63, 3.8) is 0 Å². The van der Waals surface area contributed by atoms with Gasteiger partial charge >= 0.3 is 6.01 Å². The maximum absolute atomic E-state index is 13.1. The number of anilines is 1. The molecular weight excluding hydrogens is 423 g/mol. The summed E-state index contributed by atoms with van der Waals surface area (Å²) in [7, 11) is 1.61. The Labute approximate surface area is 184 Å². The van der Waals surface area contributed by atoms with Gasteiger partial charge in [0.05, 0.1) is 7.11 Å². The molecule has 0 unspecified atom stereocenters. The van der Waals surface area contributed by atoms with Gasteiger partial charge in [0.1, 0.15) is 11.6 Å². The molecule has 1 N–H and O–H groups in total. The highest BCUT2D eigenvalue weighted by Gasteiger charge is 2.27. The zero-order valence-electron chi connectivity index (χ0n) is 17.0. The number of nitrogens with one attached hydrogen (secondary N) is 1. The average Bonchev–Trinajstić information content (AvgIpc) is 3.29. The van der Waals surface area contributed by atoms with E-state index in [0.717, 1.165) is 11.3 Å². The Morgan fingerprint density at radius 1 is 1.23 bits per heavy atom. The summed E-state index contributed by atoms with van der Waals surface area (Å²) in [5.74, 6) is 0.645. The van der Waals surface area contributed by atoms with Crippen molar-refractivity contribution in [3.8, 4) is 17.2 Å². The van der Waals surface area contributed by atoms with Gasteiger partial charge in [0.25, 0.3) is 0 Å². The van der Waals surface area contributed by atoms with Gasteiger partial charge in [-0.25, -0.2) is 4.39 Å². The number of amides is 1. The number of nitrogens with zero attached hydrogens (tertiary/aromatic N) is 3. The highest BCUT2D eigenvalue weighted by atomic mass is 35.5. The summed E-state index contributed by atoms with van der Waals surface area (Å²) in [6.07, 6.45) is 1.34. The number of halogens is 2. The van der Waals surface area contributed by atoms with E-state index in [1.807, 2.05) is 29.2 Å². The molecule has 0 atom stereocenters. The number of carbonyl (C=O) groups excluding carboxylic acids is 1. The van der Waals surface area contributed by atoms with E-state index < -0.39 is 5.82 Å². The predicted molar refractivity (Wildman–Crippen MR) is 114 cm³/mol. The fraction of sp³-hybridized carbons (Fsp3) is 0.318. The smallest absolute Gasteiger partial charge is 0.318 e. The lowest BCUT2D eigenvalue weighted by Crippen LogP contribution is -2.40. The van der Waals surface area contributed by atoms with Gasteiger partial charge in [-0.15, -0.1) is 5.10 Å². The van der Waals surface area contributed by atoms with E-state index in [-0.39, 0.29) is 18.4 Å². The summed E-state index contributed by atoms with van der Waals surface area (Å²) in [4.78, 5) is 14.5. The number of hydrogen-bond acceptors (Lipinski definition) is 6. The van der Waals surface area contributed by atoms with E-state index in [4.69, 9.17) is 20.8 Å². The Bertz CT molecular complexity index is 1050. The molecule has 1 aliphatic rings. The third-order valence-corrected chi connectivity index (χ3v) is 5.71. The van der Waals surface area contributed by atoms with Crippen molar-refractivity contribution in [2.75, 3.05) is 25.1 Å². The Balaban J connectivity index is 1.30. The number of aromatic nitrogens is 2. The Hall–Kier alpha value is -3.13. The van der Waals surface area contributed by atoms with Crippen LogP contribution >= 0.6 is 11.6 Å². The minimum atomic E-state index is -0.399. The van der Waals surface area contributed by atoms with Crippen LogP contribution in [0, 0.1) is 11.7 Å². The molecule has 0 saturated carbocycles. The largest absolute Gasteiger partial charge is 0.497 e. The Morgan fingerprint density at radius 2 is 1.97 bits per heavy atom. The van der Waals surface area contributed by atoms with Gasteiger partial charge in [0.2, 0.25) is 11.8 Å². The summed E-state index contributed by atoms with van der Waals surface area (Å²) in [6, 6.07) is 12.0. The highest BCUT2D eigenvalue weighted by molar-refractivity contribution is 6.31. The molecule has 0 aliphatic carbocycles. The van der Waals surface area contributed by atoms with Crippen molar-refractivity contribution in [2.24, 2.45) is 5.92 Å². The zero-order chi connectivity index (χ0) is 21.8. The summed E-state index contributed by atoms with van der Waals surface area (Å²) >= 11 is 6.02. The number of piperidine rings is 1. The minimum absolute atomic E-state index is 0.0375. The maximum atomic E-state index is 13.1. The second-order valence-corrected chi connectivity index (χ2v) is 7.74. The van der Waals surface area contributed by atoms with Crippen LogP contribution in [0.3, 0.4) is 0 Å². The summed E-state index contributed by atoms with van der Waals surface area (Å²) < 4.78 is 24.1. The number of rotatable bonds is 6. The van der Waals surface area contributed by atoms with Gasteiger partial charge in [-0.05, 0) is 54.8 Å². The lowest BCUT2D eigenvalue weighted by Gasteiger charge is -2.29. The molecule has 1 amide bonds. The van der Waals surface area contributed by atoms with Crippen LogP contribution in [0.1, 0.15) is 18.4 Å². The monoisotopic (exact) mass is 444 g/mol. The molecule has 1 fully saturated rings. The van der Waals surface area contributed by atoms with Gasteiger partial charge in [-0.1, -0.05) is 22.8 Å². The third kappa shape index (κ3) is 4.96. The van der Waals surface area contributed by atoms with E-state index in [0.29, 0.717) is 48.4 Å². The summed E-state index contributed by atoms with van der Waals surface area (Å²) in [6.45, 7) is 1.55. The molecule has 0 spiro atoms. The van der Waals surface area contributed by atoms with E-state index in [1.54, 1.807) is 13.2 Å². The molecule has 2 heterocycles. The maximum Gasteiger partial charge on any atom is 0.318 e. The van der Waals surface area contributed by atoms with Gasteiger partial charge < -0.3 is 19.4 Å². The first-order chi connectivity index (χ1) is 15.0. The van der Waals surface area contributed by atoms with Crippen molar-refractivity contribution in [3.05, 3.63) is 58.9 Å². The number of ether oxygens (including phenoxy) is 1. The van der Waals surface area contributed by atoms with E-state index in [9.17, 15) is 9.18 Å². The first kappa shape index (κ1) is 21.1. The molecule has 0 radical (unpaired) electrons. The molecular formula is C22H22ClFN4O3. The van der Waals surface area contributed by atoms with E-state index in [2.05, 4.69) is 15.5 Å². The number of hydrogen-bond donors (Lipinski definition) is 1. The number of methoxy groups -OCH3 is 1. The lowest BCUT2D eigenvalue weighted by molar-refractivity contribution is -0.125. The minimum Gasteiger partial charge on any atom is -0.497 e. The number of benzene rings is 2. The fourth-order valence-electron chi connectivity index (χ4n) is 3.52. The summed E-state index contributed by atoms with van der Waals surface area (Å²) in [5.41, 5.74) is 1.50. The van der Waals surface area contributed by atoms with Crippen molar-refractivity contribution in [1.29, 1.82) is 0 Å². The van der Waals surface area contributed by atoms with Gasteiger partial charge in [-0.3, -0.25) is 4.79 Å². The molecule has 3 aromatic rings. The number of carbonyl (C=O) groups is 1. The fourth-order valence-corrected chi connectivity index (χ4v) is 3.75. The lowest BCUT2D eigenvalue weighted by atomic mass is 9.96. The van der Waals surface area contributed by atoms with E-state index >= 15 is 0 Å². The molecule has 31 heavy (non-hydrogen) atoms. The second-order valence-electron chi connectivity index (χ2n) is 7.33. The van der Waals surface area contributed by atoms with Gasteiger partial charge in [-0.2, -0.15) is 0 Å². The molecule has 162 valence electrons. The van der Waals surface area contributed by atoms with Crippen molar-refractivity contribution >= 4 is 23.5 Å². The van der Waals surface area contributed by atoms with Crippen LogP contribution in [-0.2, 0) is 11.3 Å². The normalized spacial score (nSPS) is 14.5. The third-order valence-electron chi connectivity index (χ3n) is 5.36. The van der Waals surface area contributed by atoms with Crippen LogP contribution in [0.2, 0.25) is 5.02 Å². The quantitative estimate of drug-likeness (QED) is 0.617. The Kier molecular flexibility index (Phi) is 6.36. The van der Waals surface area contributed by atoms with Crippen LogP contribution in [0.25, 0.3) is 11.5 Å². The summed E-state index contributed by atoms with van der Waals surface area (Å²) in [5, 5.41) is 11.5. The second kappa shape index (κ2) is 9.34. The topological polar surface area (TPSA) is 80.5 Å². The van der Waals surface area contributed by atoms with Crippen molar-refractivity contribution in [1.82, 2.24) is 15.5 Å². The molecule has 7 nitrogen and oxygen atoms in total. The molecule has 2 aromatic carbocycles. The zero-order valence-corrected chi connectivity index (χ0v) is 17.7. The molecule has 1 aliphatic heterocycles. The van der Waals surface area contributed by atoms with Crippen molar-refractivity contribution in [2.45, 2.75) is 19.4 Å². The van der Waals surface area contributed by atoms with Crippen LogP contribution < -0.4 is 15.0 Å². The predicted octanol–water partition coefficient (Wildman–Crippen LogP) is 4.07. The standard InChI is InChI=1S/C22H22ClFN4O3/c1-30-18-6-3-15(4-7-18)21-26-27-22(31-21)28-10-8-14(9-11-28)20(29)25-13-16-2-5-17(24)12-19(16)23/h2-7,12,14H,8-11,13H2,1H3,(H,25,29). The van der Waals surface area contributed by atoms with Crippen molar-refractivity contribution < 1.29 is 18.3 Å².